The van der Waals surface area contributed by atoms with E-state index in [2.05, 4.69) is 16.7 Å². The molecule has 0 N–H and O–H groups in total. The SMILES string of the molecule is CCCCCCCCCCCCCCCC(=O)OOC(=O)c1ccccc1. The zero-order chi connectivity index (χ0) is 19.6. The van der Waals surface area contributed by atoms with Gasteiger partial charge in [0.1, 0.15) is 0 Å². The smallest absolute Gasteiger partial charge is 0.247 e. The maximum Gasteiger partial charge on any atom is 0.386 e. The van der Waals surface area contributed by atoms with Crippen molar-refractivity contribution < 1.29 is 19.4 Å². The van der Waals surface area contributed by atoms with Gasteiger partial charge in [0, 0.05) is 0 Å². The molecule has 0 spiro atoms. The van der Waals surface area contributed by atoms with E-state index in [1.165, 1.54) is 64.2 Å². The first-order valence-electron chi connectivity index (χ1n) is 10.7. The van der Waals surface area contributed by atoms with E-state index in [9.17, 15) is 9.59 Å². The fraction of sp³-hybridized carbons (Fsp3) is 0.652. The fourth-order valence-corrected chi connectivity index (χ4v) is 3.04. The molecule has 0 saturated heterocycles. The summed E-state index contributed by atoms with van der Waals surface area (Å²) >= 11 is 0. The second-order valence-corrected chi connectivity index (χ2v) is 7.18. The lowest BCUT2D eigenvalue weighted by Crippen LogP contribution is -2.11. The first-order chi connectivity index (χ1) is 13.2. The minimum absolute atomic E-state index is 0.291. The van der Waals surface area contributed by atoms with Crippen LogP contribution in [-0.2, 0) is 14.6 Å². The molecule has 0 aliphatic rings. The Balaban J connectivity index is 1.86. The fourth-order valence-electron chi connectivity index (χ4n) is 3.04. The van der Waals surface area contributed by atoms with Gasteiger partial charge in [-0.1, -0.05) is 102 Å². The number of rotatable bonds is 15. The highest BCUT2D eigenvalue weighted by Gasteiger charge is 2.11. The quantitative estimate of drug-likeness (QED) is 0.192. The molecule has 0 aliphatic heterocycles. The van der Waals surface area contributed by atoms with E-state index < -0.39 is 11.9 Å². The summed E-state index contributed by atoms with van der Waals surface area (Å²) in [5.74, 6) is -1.13. The van der Waals surface area contributed by atoms with Crippen molar-refractivity contribution in [3.05, 3.63) is 35.9 Å². The molecule has 0 saturated carbocycles. The van der Waals surface area contributed by atoms with Gasteiger partial charge in [-0.3, -0.25) is 0 Å². The average molecular weight is 377 g/mol. The summed E-state index contributed by atoms with van der Waals surface area (Å²) in [5, 5.41) is 0. The topological polar surface area (TPSA) is 52.6 Å². The normalized spacial score (nSPS) is 10.6. The van der Waals surface area contributed by atoms with Gasteiger partial charge in [0.15, 0.2) is 0 Å². The Labute approximate surface area is 164 Å². The van der Waals surface area contributed by atoms with Gasteiger partial charge in [0.2, 0.25) is 0 Å². The molecule has 0 fully saturated rings. The molecule has 0 heterocycles. The van der Waals surface area contributed by atoms with Crippen molar-refractivity contribution in [2.24, 2.45) is 0 Å². The summed E-state index contributed by atoms with van der Waals surface area (Å²) in [6.07, 6.45) is 16.7. The Morgan fingerprint density at radius 3 is 1.67 bits per heavy atom. The number of hydrogen-bond donors (Lipinski definition) is 0. The summed E-state index contributed by atoms with van der Waals surface area (Å²) in [6.45, 7) is 2.25. The second kappa shape index (κ2) is 16.3. The molecular weight excluding hydrogens is 340 g/mol. The van der Waals surface area contributed by atoms with E-state index in [0.29, 0.717) is 12.0 Å². The Morgan fingerprint density at radius 1 is 0.667 bits per heavy atom. The van der Waals surface area contributed by atoms with Gasteiger partial charge in [-0.2, -0.15) is 0 Å². The maximum atomic E-state index is 11.6. The number of carbonyl (C=O) groups is 2. The van der Waals surface area contributed by atoms with E-state index in [1.807, 2.05) is 0 Å². The second-order valence-electron chi connectivity index (χ2n) is 7.18. The molecule has 4 nitrogen and oxygen atoms in total. The zero-order valence-electron chi connectivity index (χ0n) is 16.9. The molecule has 0 radical (unpaired) electrons. The molecule has 0 aliphatic carbocycles. The zero-order valence-corrected chi connectivity index (χ0v) is 16.9. The highest BCUT2D eigenvalue weighted by Crippen LogP contribution is 2.13. The first-order valence-corrected chi connectivity index (χ1v) is 10.7. The highest BCUT2D eigenvalue weighted by molar-refractivity contribution is 5.89. The third-order valence-electron chi connectivity index (χ3n) is 4.70. The molecule has 0 atom stereocenters. The maximum absolute atomic E-state index is 11.6. The number of hydrogen-bond acceptors (Lipinski definition) is 4. The molecular formula is C23H36O4. The lowest BCUT2D eigenvalue weighted by molar-refractivity contribution is -0.234. The van der Waals surface area contributed by atoms with E-state index in [1.54, 1.807) is 30.3 Å². The molecule has 0 unspecified atom stereocenters. The van der Waals surface area contributed by atoms with Crippen molar-refractivity contribution in [2.75, 3.05) is 0 Å². The van der Waals surface area contributed by atoms with E-state index in [0.717, 1.165) is 19.3 Å². The average Bonchev–Trinajstić information content (AvgIpc) is 2.70. The van der Waals surface area contributed by atoms with Crippen molar-refractivity contribution >= 4 is 11.9 Å². The lowest BCUT2D eigenvalue weighted by Gasteiger charge is -2.04. The lowest BCUT2D eigenvalue weighted by atomic mass is 10.0. The number of carbonyl (C=O) groups excluding carboxylic acids is 2. The van der Waals surface area contributed by atoms with Crippen molar-refractivity contribution in [3.63, 3.8) is 0 Å². The third-order valence-corrected chi connectivity index (χ3v) is 4.70. The van der Waals surface area contributed by atoms with E-state index in [-0.39, 0.29) is 0 Å². The Kier molecular flexibility index (Phi) is 14.0. The Morgan fingerprint density at radius 2 is 1.15 bits per heavy atom. The standard InChI is InChI=1S/C23H36O4/c1-2-3-4-5-6-7-8-9-10-11-12-13-17-20-22(24)26-27-23(25)21-18-15-14-16-19-21/h14-16,18-19H,2-13,17,20H2,1H3. The summed E-state index contributed by atoms with van der Waals surface area (Å²) in [7, 11) is 0. The predicted octanol–water partition coefficient (Wildman–Crippen LogP) is 6.78. The van der Waals surface area contributed by atoms with Crippen molar-refractivity contribution in [3.8, 4) is 0 Å². The van der Waals surface area contributed by atoms with Crippen LogP contribution in [0.5, 0.6) is 0 Å². The van der Waals surface area contributed by atoms with Crippen molar-refractivity contribution in [1.29, 1.82) is 0 Å². The van der Waals surface area contributed by atoms with Crippen LogP contribution < -0.4 is 0 Å². The van der Waals surface area contributed by atoms with Crippen LogP contribution in [0.2, 0.25) is 0 Å². The number of benzene rings is 1. The monoisotopic (exact) mass is 376 g/mol. The Bertz CT molecular complexity index is 498. The highest BCUT2D eigenvalue weighted by atomic mass is 17.2. The minimum Gasteiger partial charge on any atom is -0.247 e. The van der Waals surface area contributed by atoms with Crippen molar-refractivity contribution in [2.45, 2.75) is 96.8 Å². The summed E-state index contributed by atoms with van der Waals surface area (Å²) in [4.78, 5) is 32.4. The van der Waals surface area contributed by atoms with Crippen LogP contribution in [0.25, 0.3) is 0 Å². The van der Waals surface area contributed by atoms with Crippen LogP contribution >= 0.6 is 0 Å². The predicted molar refractivity (Wildman–Crippen MR) is 108 cm³/mol. The summed E-state index contributed by atoms with van der Waals surface area (Å²) < 4.78 is 0. The van der Waals surface area contributed by atoms with Gasteiger partial charge in [-0.15, -0.1) is 0 Å². The van der Waals surface area contributed by atoms with Crippen molar-refractivity contribution in [1.82, 2.24) is 0 Å². The molecule has 152 valence electrons. The largest absolute Gasteiger partial charge is 0.386 e. The van der Waals surface area contributed by atoms with Gasteiger partial charge in [0.05, 0.1) is 12.0 Å². The van der Waals surface area contributed by atoms with Crippen LogP contribution in [0.15, 0.2) is 30.3 Å². The third kappa shape index (κ3) is 13.0. The first kappa shape index (κ1) is 23.2. The Hall–Kier alpha value is -1.84. The summed E-state index contributed by atoms with van der Waals surface area (Å²) in [6, 6.07) is 8.49. The molecule has 27 heavy (non-hydrogen) atoms. The van der Waals surface area contributed by atoms with E-state index >= 15 is 0 Å². The van der Waals surface area contributed by atoms with Gasteiger partial charge >= 0.3 is 11.9 Å². The molecule has 0 amide bonds. The van der Waals surface area contributed by atoms with Crippen LogP contribution in [0.1, 0.15) is 107 Å². The molecule has 0 aromatic heterocycles. The molecule has 1 rings (SSSR count). The van der Waals surface area contributed by atoms with Crippen LogP contribution in [0, 0.1) is 0 Å². The van der Waals surface area contributed by atoms with Crippen LogP contribution in [-0.4, -0.2) is 11.9 Å². The minimum atomic E-state index is -0.644. The summed E-state index contributed by atoms with van der Waals surface area (Å²) in [5.41, 5.74) is 0.367. The van der Waals surface area contributed by atoms with Crippen LogP contribution in [0.4, 0.5) is 0 Å². The van der Waals surface area contributed by atoms with Gasteiger partial charge in [-0.25, -0.2) is 19.4 Å². The van der Waals surface area contributed by atoms with Crippen LogP contribution in [0.3, 0.4) is 0 Å². The van der Waals surface area contributed by atoms with Gasteiger partial charge < -0.3 is 0 Å². The van der Waals surface area contributed by atoms with E-state index in [4.69, 9.17) is 0 Å². The van der Waals surface area contributed by atoms with Gasteiger partial charge in [0.25, 0.3) is 0 Å². The molecule has 4 heteroatoms. The molecule has 0 bridgehead atoms. The molecule has 1 aromatic carbocycles. The molecule has 1 aromatic rings. The van der Waals surface area contributed by atoms with Gasteiger partial charge in [-0.05, 0) is 18.6 Å². The number of unbranched alkanes of at least 4 members (excludes halogenated alkanes) is 12.